The maximum absolute atomic E-state index is 5.45. The zero-order chi connectivity index (χ0) is 10.8. The van der Waals surface area contributed by atoms with Crippen molar-refractivity contribution < 1.29 is 4.42 Å². The van der Waals surface area contributed by atoms with Crippen LogP contribution in [0.2, 0.25) is 0 Å². The van der Waals surface area contributed by atoms with Crippen LogP contribution in [0.1, 0.15) is 23.0 Å². The maximum Gasteiger partial charge on any atom is 0.216 e. The molecule has 2 aromatic rings. The fourth-order valence-corrected chi connectivity index (χ4v) is 1.48. The van der Waals surface area contributed by atoms with Crippen LogP contribution in [0.25, 0.3) is 0 Å². The fraction of sp³-hybridized carbons (Fsp3) is 0.444. The van der Waals surface area contributed by atoms with Gasteiger partial charge in [-0.15, -0.1) is 5.10 Å². The minimum atomic E-state index is 0.523. The minimum Gasteiger partial charge on any atom is -0.444 e. The van der Waals surface area contributed by atoms with Crippen molar-refractivity contribution >= 4 is 15.9 Å². The van der Waals surface area contributed by atoms with Crippen LogP contribution in [0.5, 0.6) is 0 Å². The Morgan fingerprint density at radius 3 is 2.80 bits per heavy atom. The summed E-state index contributed by atoms with van der Waals surface area (Å²) in [5.74, 6) is 1.52. The molecule has 0 radical (unpaired) electrons. The van der Waals surface area contributed by atoms with Crippen LogP contribution in [0.15, 0.2) is 10.6 Å². The van der Waals surface area contributed by atoms with E-state index in [1.807, 2.05) is 20.0 Å². The molecule has 0 N–H and O–H groups in total. The Kier molecular flexibility index (Phi) is 2.86. The molecule has 0 unspecified atom stereocenters. The van der Waals surface area contributed by atoms with Crippen molar-refractivity contribution in [2.75, 3.05) is 0 Å². The molecule has 80 valence electrons. The van der Waals surface area contributed by atoms with E-state index in [2.05, 4.69) is 31.2 Å². The topological polar surface area (TPSA) is 56.7 Å². The molecule has 2 aromatic heterocycles. The lowest BCUT2D eigenvalue weighted by atomic mass is 10.4. The highest BCUT2D eigenvalue weighted by atomic mass is 79.9. The molecule has 0 aliphatic heterocycles. The number of aryl methyl sites for hydroxylation is 2. The van der Waals surface area contributed by atoms with Crippen LogP contribution in [0.4, 0.5) is 0 Å². The number of rotatable bonds is 3. The molecule has 0 fully saturated rings. The first kappa shape index (κ1) is 10.4. The summed E-state index contributed by atoms with van der Waals surface area (Å²) in [6.45, 7) is 4.35. The first-order valence-corrected chi connectivity index (χ1v) is 5.69. The van der Waals surface area contributed by atoms with Crippen molar-refractivity contribution in [1.29, 1.82) is 0 Å². The zero-order valence-electron chi connectivity index (χ0n) is 8.57. The molecule has 0 amide bonds. The summed E-state index contributed by atoms with van der Waals surface area (Å²) >= 11 is 3.32. The molecule has 6 heteroatoms. The van der Waals surface area contributed by atoms with Gasteiger partial charge in [0.15, 0.2) is 0 Å². The first-order chi connectivity index (χ1) is 7.19. The van der Waals surface area contributed by atoms with E-state index >= 15 is 0 Å². The SMILES string of the molecule is Cc1nc(Cn2cc(CBr)nn2)oc1C. The van der Waals surface area contributed by atoms with E-state index in [1.165, 1.54) is 0 Å². The van der Waals surface area contributed by atoms with Gasteiger partial charge < -0.3 is 4.42 Å². The fourth-order valence-electron chi connectivity index (χ4n) is 1.22. The molecule has 5 nitrogen and oxygen atoms in total. The van der Waals surface area contributed by atoms with E-state index in [4.69, 9.17) is 4.42 Å². The van der Waals surface area contributed by atoms with Gasteiger partial charge in [-0.2, -0.15) is 0 Å². The van der Waals surface area contributed by atoms with Gasteiger partial charge in [0.05, 0.1) is 11.4 Å². The zero-order valence-corrected chi connectivity index (χ0v) is 10.2. The number of alkyl halides is 1. The number of hydrogen-bond acceptors (Lipinski definition) is 4. The van der Waals surface area contributed by atoms with Gasteiger partial charge in [-0.3, -0.25) is 0 Å². The van der Waals surface area contributed by atoms with Crippen molar-refractivity contribution in [2.45, 2.75) is 25.7 Å². The maximum atomic E-state index is 5.45. The highest BCUT2D eigenvalue weighted by Gasteiger charge is 2.07. The lowest BCUT2D eigenvalue weighted by Crippen LogP contribution is -2.00. The third kappa shape index (κ3) is 2.26. The van der Waals surface area contributed by atoms with Gasteiger partial charge in [-0.1, -0.05) is 21.1 Å². The molecule has 0 aliphatic rings. The summed E-state index contributed by atoms with van der Waals surface area (Å²) in [4.78, 5) is 4.27. The Labute approximate surface area is 95.6 Å². The summed E-state index contributed by atoms with van der Waals surface area (Å²) in [5, 5.41) is 8.62. The average Bonchev–Trinajstić information content (AvgIpc) is 2.76. The molecular weight excluding hydrogens is 260 g/mol. The van der Waals surface area contributed by atoms with Gasteiger partial charge in [0, 0.05) is 11.5 Å². The molecule has 0 aromatic carbocycles. The molecule has 0 bridgehead atoms. The highest BCUT2D eigenvalue weighted by molar-refractivity contribution is 9.08. The molecule has 0 saturated carbocycles. The number of halogens is 1. The van der Waals surface area contributed by atoms with Gasteiger partial charge in [0.1, 0.15) is 12.3 Å². The van der Waals surface area contributed by atoms with Gasteiger partial charge in [-0.05, 0) is 13.8 Å². The van der Waals surface area contributed by atoms with E-state index in [-0.39, 0.29) is 0 Å². The van der Waals surface area contributed by atoms with E-state index in [1.54, 1.807) is 4.68 Å². The van der Waals surface area contributed by atoms with Gasteiger partial charge in [0.2, 0.25) is 5.89 Å². The summed E-state index contributed by atoms with van der Waals surface area (Å²) in [7, 11) is 0. The van der Waals surface area contributed by atoms with E-state index in [0.717, 1.165) is 17.1 Å². The Morgan fingerprint density at radius 2 is 2.27 bits per heavy atom. The Bertz CT molecular complexity index is 443. The van der Waals surface area contributed by atoms with Crippen molar-refractivity contribution in [2.24, 2.45) is 0 Å². The first-order valence-electron chi connectivity index (χ1n) is 4.57. The smallest absolute Gasteiger partial charge is 0.216 e. The molecule has 0 atom stereocenters. The molecule has 0 aliphatic carbocycles. The van der Waals surface area contributed by atoms with Gasteiger partial charge >= 0.3 is 0 Å². The van der Waals surface area contributed by atoms with E-state index in [0.29, 0.717) is 17.8 Å². The van der Waals surface area contributed by atoms with Crippen molar-refractivity contribution in [3.05, 3.63) is 29.2 Å². The largest absolute Gasteiger partial charge is 0.444 e. The molecular formula is C9H11BrN4O. The third-order valence-corrected chi connectivity index (χ3v) is 2.67. The van der Waals surface area contributed by atoms with Crippen LogP contribution in [-0.4, -0.2) is 20.0 Å². The summed E-state index contributed by atoms with van der Waals surface area (Å²) < 4.78 is 7.16. The number of nitrogens with zero attached hydrogens (tertiary/aromatic N) is 4. The van der Waals surface area contributed by atoms with Crippen molar-refractivity contribution in [1.82, 2.24) is 20.0 Å². The van der Waals surface area contributed by atoms with Crippen LogP contribution in [-0.2, 0) is 11.9 Å². The van der Waals surface area contributed by atoms with Gasteiger partial charge in [0.25, 0.3) is 0 Å². The van der Waals surface area contributed by atoms with Crippen LogP contribution in [0.3, 0.4) is 0 Å². The summed E-state index contributed by atoms with van der Waals surface area (Å²) in [6.07, 6.45) is 1.86. The lowest BCUT2D eigenvalue weighted by molar-refractivity contribution is 0.442. The Hall–Kier alpha value is -1.17. The third-order valence-electron chi connectivity index (χ3n) is 2.09. The molecule has 15 heavy (non-hydrogen) atoms. The number of hydrogen-bond donors (Lipinski definition) is 0. The van der Waals surface area contributed by atoms with Crippen molar-refractivity contribution in [3.63, 3.8) is 0 Å². The quantitative estimate of drug-likeness (QED) is 0.799. The van der Waals surface area contributed by atoms with Gasteiger partial charge in [-0.25, -0.2) is 9.67 Å². The Balaban J connectivity index is 2.14. The highest BCUT2D eigenvalue weighted by Crippen LogP contribution is 2.09. The van der Waals surface area contributed by atoms with Crippen LogP contribution >= 0.6 is 15.9 Å². The van der Waals surface area contributed by atoms with E-state index < -0.39 is 0 Å². The number of aromatic nitrogens is 4. The Morgan fingerprint density at radius 1 is 1.47 bits per heavy atom. The predicted octanol–water partition coefficient (Wildman–Crippen LogP) is 1.83. The number of oxazole rings is 1. The normalized spacial score (nSPS) is 10.9. The van der Waals surface area contributed by atoms with Crippen molar-refractivity contribution in [3.8, 4) is 0 Å². The second-order valence-corrected chi connectivity index (χ2v) is 3.85. The minimum absolute atomic E-state index is 0.523. The average molecular weight is 271 g/mol. The predicted molar refractivity (Wildman–Crippen MR) is 57.7 cm³/mol. The monoisotopic (exact) mass is 270 g/mol. The van der Waals surface area contributed by atoms with Crippen LogP contribution < -0.4 is 0 Å². The standard InChI is InChI=1S/C9H11BrN4O/c1-6-7(2)15-9(11-6)5-14-4-8(3-10)12-13-14/h4H,3,5H2,1-2H3. The molecule has 2 heterocycles. The second-order valence-electron chi connectivity index (χ2n) is 3.29. The van der Waals surface area contributed by atoms with Crippen LogP contribution in [0, 0.1) is 13.8 Å². The molecule has 0 saturated heterocycles. The second kappa shape index (κ2) is 4.14. The lowest BCUT2D eigenvalue weighted by Gasteiger charge is -1.93. The van der Waals surface area contributed by atoms with E-state index in [9.17, 15) is 0 Å². The molecule has 0 spiro atoms. The molecule has 2 rings (SSSR count). The summed E-state index contributed by atoms with van der Waals surface area (Å²) in [6, 6.07) is 0. The summed E-state index contributed by atoms with van der Waals surface area (Å²) in [5.41, 5.74) is 1.82.